The minimum atomic E-state index is -2.78. The summed E-state index contributed by atoms with van der Waals surface area (Å²) in [4.78, 5) is 14.0. The van der Waals surface area contributed by atoms with Gasteiger partial charge in [0.25, 0.3) is 12.0 Å². The maximum atomic E-state index is 13.1. The Morgan fingerprint density at radius 1 is 1.32 bits per heavy atom. The van der Waals surface area contributed by atoms with E-state index in [0.29, 0.717) is 17.9 Å². The van der Waals surface area contributed by atoms with Crippen molar-refractivity contribution in [1.29, 1.82) is 0 Å². The van der Waals surface area contributed by atoms with Crippen molar-refractivity contribution >= 4 is 11.9 Å². The number of anilines is 1. The average molecular weight is 433 g/mol. The van der Waals surface area contributed by atoms with Gasteiger partial charge in [-0.3, -0.25) is 10.2 Å². The van der Waals surface area contributed by atoms with Gasteiger partial charge in [-0.2, -0.15) is 5.10 Å². The molecule has 0 saturated carbocycles. The van der Waals surface area contributed by atoms with Crippen LogP contribution in [0.4, 0.5) is 14.5 Å². The highest BCUT2D eigenvalue weighted by atomic mass is 19.3. The molecule has 0 radical (unpaired) electrons. The number of likely N-dealkylation sites (tertiary alicyclic amines) is 1. The fourth-order valence-corrected chi connectivity index (χ4v) is 4.57. The highest BCUT2D eigenvalue weighted by Crippen LogP contribution is 2.28. The number of rotatable bonds is 9. The molecular formula is C23H32F2N5O+. The van der Waals surface area contributed by atoms with Crippen LogP contribution in [0.5, 0.6) is 0 Å². The molecule has 3 rings (SSSR count). The third-order valence-electron chi connectivity index (χ3n) is 6.37. The van der Waals surface area contributed by atoms with E-state index in [-0.39, 0.29) is 0 Å². The standard InChI is InChI=1S/C23H31F2N5O/c1-15-17(5-6-18(13-26)21(15)27-2)12-16-7-10-30(11-8-16)9-3-4-19-14-28-29-23(31)20(19)22(24)25/h5-6,13-14,16,22,26-27H,3-4,7-12H2,1-2H3,(H,29,31)/p+1. The molecule has 4 N–H and O–H groups in total. The summed E-state index contributed by atoms with van der Waals surface area (Å²) in [6.07, 6.45) is 4.67. The molecule has 1 aromatic heterocycles. The molecule has 2 heterocycles. The van der Waals surface area contributed by atoms with E-state index in [4.69, 9.17) is 5.41 Å². The third-order valence-corrected chi connectivity index (χ3v) is 6.37. The van der Waals surface area contributed by atoms with Gasteiger partial charge in [0.1, 0.15) is 0 Å². The minimum Gasteiger partial charge on any atom is -0.387 e. The maximum absolute atomic E-state index is 13.1. The molecule has 0 atom stereocenters. The Morgan fingerprint density at radius 3 is 2.71 bits per heavy atom. The maximum Gasteiger partial charge on any atom is 0.273 e. The van der Waals surface area contributed by atoms with E-state index < -0.39 is 17.5 Å². The molecule has 1 aliphatic rings. The van der Waals surface area contributed by atoms with Crippen LogP contribution >= 0.6 is 0 Å². The Bertz CT molecular complexity index is 951. The van der Waals surface area contributed by atoms with Crippen LogP contribution in [0.25, 0.3) is 0 Å². The average Bonchev–Trinajstić information content (AvgIpc) is 2.76. The molecule has 2 aromatic rings. The van der Waals surface area contributed by atoms with Crippen LogP contribution < -0.4 is 16.3 Å². The lowest BCUT2D eigenvalue weighted by atomic mass is 9.87. The number of aromatic amines is 1. The first-order valence-corrected chi connectivity index (χ1v) is 10.9. The van der Waals surface area contributed by atoms with Gasteiger partial charge in [-0.25, -0.2) is 13.9 Å². The number of hydrogen-bond acceptors (Lipinski definition) is 4. The summed E-state index contributed by atoms with van der Waals surface area (Å²) in [5, 5.41) is 14.8. The largest absolute Gasteiger partial charge is 0.387 e. The molecule has 0 aliphatic carbocycles. The number of halogens is 2. The number of nitrogens with two attached hydrogens (primary N) is 1. The van der Waals surface area contributed by atoms with Crippen LogP contribution in [-0.2, 0) is 12.8 Å². The quantitative estimate of drug-likeness (QED) is 0.530. The molecule has 1 saturated heterocycles. The van der Waals surface area contributed by atoms with Crippen molar-refractivity contribution in [1.82, 2.24) is 15.1 Å². The second-order valence-corrected chi connectivity index (χ2v) is 8.26. The predicted molar refractivity (Wildman–Crippen MR) is 119 cm³/mol. The summed E-state index contributed by atoms with van der Waals surface area (Å²) in [6.45, 7) is 4.99. The monoisotopic (exact) mass is 432 g/mol. The number of hydrogen-bond donors (Lipinski definition) is 3. The number of alkyl halides is 2. The van der Waals surface area contributed by atoms with Crippen molar-refractivity contribution in [2.75, 3.05) is 32.0 Å². The molecule has 1 aromatic carbocycles. The van der Waals surface area contributed by atoms with Crippen LogP contribution in [0.2, 0.25) is 0 Å². The van der Waals surface area contributed by atoms with Gasteiger partial charge in [0, 0.05) is 7.05 Å². The Kier molecular flexibility index (Phi) is 7.90. The number of nitrogens with zero attached hydrogens (tertiary/aromatic N) is 2. The number of aryl methyl sites for hydroxylation is 1. The second-order valence-electron chi connectivity index (χ2n) is 8.26. The van der Waals surface area contributed by atoms with Gasteiger partial charge in [-0.15, -0.1) is 0 Å². The van der Waals surface area contributed by atoms with Gasteiger partial charge in [0.15, 0.2) is 6.21 Å². The molecule has 8 heteroatoms. The summed E-state index contributed by atoms with van der Waals surface area (Å²) in [5.74, 6) is 0.634. The number of aromatic nitrogens is 2. The highest BCUT2D eigenvalue weighted by Gasteiger charge is 2.22. The fraction of sp³-hybridized carbons (Fsp3) is 0.522. The van der Waals surface area contributed by atoms with Crippen molar-refractivity contribution in [3.63, 3.8) is 0 Å². The smallest absolute Gasteiger partial charge is 0.273 e. The van der Waals surface area contributed by atoms with Gasteiger partial charge in [-0.1, -0.05) is 6.07 Å². The zero-order valence-corrected chi connectivity index (χ0v) is 18.3. The van der Waals surface area contributed by atoms with Crippen LogP contribution in [0.3, 0.4) is 0 Å². The van der Waals surface area contributed by atoms with Crippen molar-refractivity contribution in [3.05, 3.63) is 56.5 Å². The fourth-order valence-electron chi connectivity index (χ4n) is 4.57. The van der Waals surface area contributed by atoms with Gasteiger partial charge in [0.05, 0.1) is 23.0 Å². The molecule has 0 spiro atoms. The van der Waals surface area contributed by atoms with Crippen LogP contribution in [0, 0.1) is 12.8 Å². The van der Waals surface area contributed by atoms with Gasteiger partial charge in [0.2, 0.25) is 0 Å². The Morgan fingerprint density at radius 2 is 2.06 bits per heavy atom. The van der Waals surface area contributed by atoms with Gasteiger partial charge >= 0.3 is 0 Å². The number of H-pyrrole nitrogens is 1. The predicted octanol–water partition coefficient (Wildman–Crippen LogP) is 2.12. The van der Waals surface area contributed by atoms with Crippen molar-refractivity contribution in [3.8, 4) is 0 Å². The zero-order chi connectivity index (χ0) is 22.4. The molecule has 0 amide bonds. The minimum absolute atomic E-state index is 0.350. The van der Waals surface area contributed by atoms with E-state index in [9.17, 15) is 13.6 Å². The van der Waals surface area contributed by atoms with Crippen molar-refractivity contribution < 1.29 is 14.2 Å². The lowest BCUT2D eigenvalue weighted by Crippen LogP contribution is -2.35. The molecule has 0 bridgehead atoms. The summed E-state index contributed by atoms with van der Waals surface area (Å²) in [5.41, 5.74) is 3.84. The van der Waals surface area contributed by atoms with Gasteiger partial charge in [-0.05, 0) is 87.3 Å². The summed E-state index contributed by atoms with van der Waals surface area (Å²) < 4.78 is 26.3. The van der Waals surface area contributed by atoms with Crippen molar-refractivity contribution in [2.45, 2.75) is 45.5 Å². The second kappa shape index (κ2) is 10.6. The SMILES string of the molecule is CNc1c(C=[NH2+])ccc(CC2CCN(CCCc3cn[nH]c(=O)c3C(F)F)CC2)c1C. The topological polar surface area (TPSA) is 86.6 Å². The van der Waals surface area contributed by atoms with E-state index >= 15 is 0 Å². The Labute approximate surface area is 181 Å². The van der Waals surface area contributed by atoms with Crippen LogP contribution in [-0.4, -0.2) is 48.0 Å². The van der Waals surface area contributed by atoms with E-state index in [1.54, 1.807) is 6.21 Å². The molecule has 31 heavy (non-hydrogen) atoms. The molecule has 1 aliphatic heterocycles. The summed E-state index contributed by atoms with van der Waals surface area (Å²) in [6, 6.07) is 4.25. The van der Waals surface area contributed by atoms with Crippen molar-refractivity contribution in [2.24, 2.45) is 5.92 Å². The first-order chi connectivity index (χ1) is 14.9. The molecule has 168 valence electrons. The molecule has 6 nitrogen and oxygen atoms in total. The van der Waals surface area contributed by atoms with E-state index in [1.165, 1.54) is 17.3 Å². The number of benzene rings is 1. The number of piperidine rings is 1. The third kappa shape index (κ3) is 5.55. The number of nitrogens with one attached hydrogen (secondary N) is 2. The zero-order valence-electron chi connectivity index (χ0n) is 18.3. The summed E-state index contributed by atoms with van der Waals surface area (Å²) in [7, 11) is 1.92. The van der Waals surface area contributed by atoms with Gasteiger partial charge < -0.3 is 10.2 Å². The lowest BCUT2D eigenvalue weighted by Gasteiger charge is -2.32. The Balaban J connectivity index is 1.49. The summed E-state index contributed by atoms with van der Waals surface area (Å²) >= 11 is 0. The van der Waals surface area contributed by atoms with Crippen LogP contribution in [0.15, 0.2) is 23.1 Å². The van der Waals surface area contributed by atoms with E-state index in [1.807, 2.05) is 7.05 Å². The molecular weight excluding hydrogens is 400 g/mol. The van der Waals surface area contributed by atoms with E-state index in [2.05, 4.69) is 39.5 Å². The molecule has 1 fully saturated rings. The first-order valence-electron chi connectivity index (χ1n) is 10.9. The molecule has 0 unspecified atom stereocenters. The normalized spacial score (nSPS) is 15.4. The Hall–Kier alpha value is -2.61. The lowest BCUT2D eigenvalue weighted by molar-refractivity contribution is -0.104. The van der Waals surface area contributed by atoms with Crippen LogP contribution in [0.1, 0.15) is 53.5 Å². The first kappa shape index (κ1) is 23.1. The van der Waals surface area contributed by atoms with E-state index in [0.717, 1.165) is 56.6 Å². The highest BCUT2D eigenvalue weighted by molar-refractivity contribution is 5.85.